The van der Waals surface area contributed by atoms with Crippen LogP contribution in [-0.4, -0.2) is 36.6 Å². The van der Waals surface area contributed by atoms with E-state index < -0.39 is 9.05 Å². The number of aryl methyl sites for hydroxylation is 1. The Morgan fingerprint density at radius 2 is 2.12 bits per heavy atom. The lowest BCUT2D eigenvalue weighted by atomic mass is 9.95. The maximum Gasteiger partial charge on any atom is 0.238 e. The Bertz CT molecular complexity index is 494. The van der Waals surface area contributed by atoms with E-state index in [2.05, 4.69) is 10.3 Å². The van der Waals surface area contributed by atoms with Gasteiger partial charge in [0.2, 0.25) is 9.05 Å². The molecule has 1 aromatic rings. The second-order valence-electron chi connectivity index (χ2n) is 4.11. The number of ether oxygens (including phenoxy) is 1. The van der Waals surface area contributed by atoms with Gasteiger partial charge in [0.15, 0.2) is 0 Å². The molecule has 1 saturated heterocycles. The van der Waals surface area contributed by atoms with E-state index in [1.807, 2.05) is 0 Å². The smallest absolute Gasteiger partial charge is 0.238 e. The fraction of sp³-hybridized carbons (Fsp3) is 0.778. The molecule has 0 aliphatic carbocycles. The molecule has 2 heterocycles. The molecule has 17 heavy (non-hydrogen) atoms. The van der Waals surface area contributed by atoms with Gasteiger partial charge in [-0.3, -0.25) is 4.68 Å². The number of hydrogen-bond donors (Lipinski definition) is 0. The zero-order valence-electron chi connectivity index (χ0n) is 9.47. The van der Waals surface area contributed by atoms with Crippen LogP contribution in [0.15, 0.2) is 0 Å². The summed E-state index contributed by atoms with van der Waals surface area (Å²) in [6.45, 7) is 1.37. The first-order valence-electron chi connectivity index (χ1n) is 5.36. The van der Waals surface area contributed by atoms with Crippen molar-refractivity contribution in [3.05, 3.63) is 11.4 Å². The van der Waals surface area contributed by atoms with Crippen molar-refractivity contribution in [1.82, 2.24) is 15.0 Å². The second-order valence-corrected chi connectivity index (χ2v) is 6.89. The predicted octanol–water partition coefficient (Wildman–Crippen LogP) is 0.778. The topological polar surface area (TPSA) is 74.1 Å². The Morgan fingerprint density at radius 3 is 2.71 bits per heavy atom. The maximum atomic E-state index is 11.1. The molecule has 0 saturated carbocycles. The van der Waals surface area contributed by atoms with Gasteiger partial charge >= 0.3 is 0 Å². The zero-order valence-corrected chi connectivity index (χ0v) is 11.0. The number of halogens is 1. The molecule has 2 rings (SSSR count). The maximum absolute atomic E-state index is 11.1. The number of nitrogens with zero attached hydrogens (tertiary/aromatic N) is 3. The minimum atomic E-state index is -3.60. The molecule has 1 aliphatic rings. The second kappa shape index (κ2) is 4.91. The van der Waals surface area contributed by atoms with E-state index >= 15 is 0 Å². The highest BCUT2D eigenvalue weighted by Gasteiger charge is 2.25. The van der Waals surface area contributed by atoms with Gasteiger partial charge in [-0.05, 0) is 12.8 Å². The Balaban J connectivity index is 2.28. The molecule has 1 aliphatic heterocycles. The molecule has 0 N–H and O–H groups in total. The van der Waals surface area contributed by atoms with Crippen molar-refractivity contribution in [3.8, 4) is 0 Å². The lowest BCUT2D eigenvalue weighted by Gasteiger charge is -2.22. The van der Waals surface area contributed by atoms with Crippen LogP contribution < -0.4 is 0 Å². The van der Waals surface area contributed by atoms with Crippen LogP contribution in [0, 0.1) is 0 Å². The van der Waals surface area contributed by atoms with Crippen molar-refractivity contribution in [2.75, 3.05) is 13.2 Å². The van der Waals surface area contributed by atoms with E-state index in [9.17, 15) is 8.42 Å². The first-order valence-corrected chi connectivity index (χ1v) is 7.84. The molecule has 0 radical (unpaired) electrons. The minimum absolute atomic E-state index is 0.247. The molecule has 0 amide bonds. The Kier molecular flexibility index (Phi) is 3.70. The van der Waals surface area contributed by atoms with Crippen LogP contribution in [0.1, 0.15) is 30.1 Å². The lowest BCUT2D eigenvalue weighted by Crippen LogP contribution is -2.18. The molecule has 0 unspecified atom stereocenters. The van der Waals surface area contributed by atoms with E-state index in [1.165, 1.54) is 0 Å². The van der Waals surface area contributed by atoms with Crippen LogP contribution in [0.3, 0.4) is 0 Å². The van der Waals surface area contributed by atoms with E-state index in [-0.39, 0.29) is 11.7 Å². The molecule has 8 heteroatoms. The van der Waals surface area contributed by atoms with Crippen LogP contribution in [0.25, 0.3) is 0 Å². The molecule has 0 atom stereocenters. The molecule has 0 aromatic carbocycles. The van der Waals surface area contributed by atoms with Crippen molar-refractivity contribution in [2.45, 2.75) is 24.5 Å². The molecule has 0 spiro atoms. The van der Waals surface area contributed by atoms with Gasteiger partial charge in [-0.2, -0.15) is 0 Å². The third-order valence-corrected chi connectivity index (χ3v) is 3.81. The van der Waals surface area contributed by atoms with Gasteiger partial charge in [0, 0.05) is 36.9 Å². The summed E-state index contributed by atoms with van der Waals surface area (Å²) >= 11 is 0. The Hall–Kier alpha value is -0.660. The van der Waals surface area contributed by atoms with E-state index in [0.717, 1.165) is 18.5 Å². The highest BCUT2D eigenvalue weighted by atomic mass is 35.7. The van der Waals surface area contributed by atoms with Crippen molar-refractivity contribution in [1.29, 1.82) is 0 Å². The number of rotatable bonds is 3. The molecule has 1 aromatic heterocycles. The SMILES string of the molecule is Cn1nnc(CS(=O)(=O)Cl)c1C1CCOCC1. The third kappa shape index (κ3) is 3.17. The molecular formula is C9H14ClN3O3S. The summed E-state index contributed by atoms with van der Waals surface area (Å²) in [6.07, 6.45) is 1.72. The highest BCUT2D eigenvalue weighted by Crippen LogP contribution is 2.29. The predicted molar refractivity (Wildman–Crippen MR) is 62.3 cm³/mol. The number of hydrogen-bond acceptors (Lipinski definition) is 5. The highest BCUT2D eigenvalue weighted by molar-refractivity contribution is 8.13. The molecule has 1 fully saturated rings. The van der Waals surface area contributed by atoms with Crippen molar-refractivity contribution < 1.29 is 13.2 Å². The van der Waals surface area contributed by atoms with Gasteiger partial charge < -0.3 is 4.74 Å². The van der Waals surface area contributed by atoms with Crippen molar-refractivity contribution in [2.24, 2.45) is 7.05 Å². The average molecular weight is 280 g/mol. The summed E-state index contributed by atoms with van der Waals surface area (Å²) < 4.78 is 29.1. The van der Waals surface area contributed by atoms with Crippen LogP contribution in [-0.2, 0) is 26.6 Å². The normalized spacial score (nSPS) is 18.5. The molecule has 0 bridgehead atoms. The zero-order chi connectivity index (χ0) is 12.5. The lowest BCUT2D eigenvalue weighted by molar-refractivity contribution is 0.0836. The minimum Gasteiger partial charge on any atom is -0.381 e. The van der Waals surface area contributed by atoms with Gasteiger partial charge in [-0.15, -0.1) is 5.10 Å². The Labute approximate surface area is 104 Å². The average Bonchev–Trinajstić information content (AvgIpc) is 2.58. The quantitative estimate of drug-likeness (QED) is 0.765. The van der Waals surface area contributed by atoms with Gasteiger partial charge in [0.1, 0.15) is 11.4 Å². The van der Waals surface area contributed by atoms with Gasteiger partial charge in [0.25, 0.3) is 0 Å². The molecule has 96 valence electrons. The fourth-order valence-electron chi connectivity index (χ4n) is 2.14. The molecule has 6 nitrogen and oxygen atoms in total. The van der Waals surface area contributed by atoms with Crippen LogP contribution in [0.4, 0.5) is 0 Å². The first kappa shape index (κ1) is 12.8. The summed E-state index contributed by atoms with van der Waals surface area (Å²) in [4.78, 5) is 0. The monoisotopic (exact) mass is 279 g/mol. The van der Waals surface area contributed by atoms with Crippen molar-refractivity contribution in [3.63, 3.8) is 0 Å². The van der Waals surface area contributed by atoms with Crippen LogP contribution in [0.5, 0.6) is 0 Å². The van der Waals surface area contributed by atoms with Gasteiger partial charge in [0.05, 0.1) is 5.69 Å². The number of aromatic nitrogens is 3. The molecular weight excluding hydrogens is 266 g/mol. The third-order valence-electron chi connectivity index (χ3n) is 2.86. The van der Waals surface area contributed by atoms with Crippen LogP contribution >= 0.6 is 10.7 Å². The fourth-order valence-corrected chi connectivity index (χ4v) is 2.99. The van der Waals surface area contributed by atoms with Crippen LogP contribution in [0.2, 0.25) is 0 Å². The first-order chi connectivity index (χ1) is 7.97. The van der Waals surface area contributed by atoms with Crippen molar-refractivity contribution >= 4 is 19.7 Å². The summed E-state index contributed by atoms with van der Waals surface area (Å²) in [5.41, 5.74) is 1.31. The van der Waals surface area contributed by atoms with E-state index in [0.29, 0.717) is 18.9 Å². The summed E-state index contributed by atoms with van der Waals surface area (Å²) in [6, 6.07) is 0. The largest absolute Gasteiger partial charge is 0.381 e. The van der Waals surface area contributed by atoms with E-state index in [1.54, 1.807) is 11.7 Å². The van der Waals surface area contributed by atoms with Gasteiger partial charge in [-0.1, -0.05) is 5.21 Å². The van der Waals surface area contributed by atoms with Gasteiger partial charge in [-0.25, -0.2) is 8.42 Å². The van der Waals surface area contributed by atoms with E-state index in [4.69, 9.17) is 15.4 Å². The summed E-state index contributed by atoms with van der Waals surface area (Å²) in [7, 11) is 3.42. The Morgan fingerprint density at radius 1 is 1.47 bits per heavy atom. The standard InChI is InChI=1S/C9H14ClN3O3S/c1-13-9(7-2-4-16-5-3-7)8(11-12-13)6-17(10,14)15/h7H,2-6H2,1H3. The summed E-state index contributed by atoms with van der Waals surface area (Å²) in [5.74, 6) is -0.0214. The summed E-state index contributed by atoms with van der Waals surface area (Å²) in [5, 5.41) is 7.76.